The van der Waals surface area contributed by atoms with Gasteiger partial charge in [-0.15, -0.1) is 0 Å². The Hall–Kier alpha value is -2.40. The maximum atomic E-state index is 12.4. The van der Waals surface area contributed by atoms with Gasteiger partial charge in [-0.05, 0) is 38.1 Å². The van der Waals surface area contributed by atoms with Gasteiger partial charge in [0.05, 0.1) is 18.4 Å². The third-order valence-electron chi connectivity index (χ3n) is 3.25. The van der Waals surface area contributed by atoms with Crippen molar-refractivity contribution in [3.63, 3.8) is 0 Å². The van der Waals surface area contributed by atoms with E-state index in [1.165, 1.54) is 6.08 Å². The van der Waals surface area contributed by atoms with Gasteiger partial charge in [-0.25, -0.2) is 0 Å². The molecule has 1 unspecified atom stereocenters. The summed E-state index contributed by atoms with van der Waals surface area (Å²) >= 11 is 5.92. The number of carbonyl (C=O) groups excluding carboxylic acids is 1. The molecule has 1 aromatic carbocycles. The molecule has 0 aliphatic heterocycles. The standard InChI is InChI=1S/C17H18ClN3O3/c1-3-23-15-10-14(21-19)16(24-4-2)9-13(15)20-17(22)11-6-5-7-12(18)8-11/h5-10,16H,3-4H2,1-2H3,(H,20,22). The number of hydrogen-bond acceptors (Lipinski definition) is 3. The number of halogens is 1. The van der Waals surface area contributed by atoms with Crippen LogP contribution in [0.1, 0.15) is 24.2 Å². The summed E-state index contributed by atoms with van der Waals surface area (Å²) in [5.74, 6) is 0.0746. The van der Waals surface area contributed by atoms with Crippen molar-refractivity contribution >= 4 is 23.2 Å². The van der Waals surface area contributed by atoms with E-state index < -0.39 is 6.10 Å². The zero-order valence-corrected chi connectivity index (χ0v) is 14.2. The van der Waals surface area contributed by atoms with Gasteiger partial charge >= 0.3 is 5.71 Å². The van der Waals surface area contributed by atoms with E-state index in [9.17, 15) is 4.79 Å². The molecule has 0 saturated carbocycles. The highest BCUT2D eigenvalue weighted by atomic mass is 35.5. The minimum Gasteiger partial charge on any atom is -0.491 e. The third kappa shape index (κ3) is 4.32. The topological polar surface area (TPSA) is 84.0 Å². The fraction of sp³-hybridized carbons (Fsp3) is 0.294. The molecule has 6 nitrogen and oxygen atoms in total. The molecule has 0 spiro atoms. The largest absolute Gasteiger partial charge is 0.491 e. The Morgan fingerprint density at radius 1 is 1.38 bits per heavy atom. The first kappa shape index (κ1) is 17.9. The van der Waals surface area contributed by atoms with E-state index in [1.807, 2.05) is 13.8 Å². The van der Waals surface area contributed by atoms with Crippen molar-refractivity contribution in [3.8, 4) is 0 Å². The Morgan fingerprint density at radius 2 is 2.17 bits per heavy atom. The summed E-state index contributed by atoms with van der Waals surface area (Å²) in [5.41, 5.74) is 10.3. The van der Waals surface area contributed by atoms with E-state index in [0.29, 0.717) is 41.0 Å². The number of benzene rings is 1. The van der Waals surface area contributed by atoms with Crippen LogP contribution in [0, 0.1) is 0 Å². The fourth-order valence-corrected chi connectivity index (χ4v) is 2.40. The lowest BCUT2D eigenvalue weighted by Crippen LogP contribution is -2.32. The summed E-state index contributed by atoms with van der Waals surface area (Å²) in [7, 11) is 0. The lowest BCUT2D eigenvalue weighted by Gasteiger charge is -2.20. The zero-order valence-electron chi connectivity index (χ0n) is 13.5. The van der Waals surface area contributed by atoms with Gasteiger partial charge in [-0.2, -0.15) is 4.79 Å². The van der Waals surface area contributed by atoms with Crippen LogP contribution in [0.3, 0.4) is 0 Å². The van der Waals surface area contributed by atoms with Crippen LogP contribution >= 0.6 is 11.6 Å². The quantitative estimate of drug-likeness (QED) is 0.634. The molecule has 0 heterocycles. The Kier molecular flexibility index (Phi) is 6.32. The van der Waals surface area contributed by atoms with Gasteiger partial charge in [-0.3, -0.25) is 4.79 Å². The molecule has 2 rings (SSSR count). The van der Waals surface area contributed by atoms with Crippen molar-refractivity contribution < 1.29 is 19.1 Å². The number of hydrogen-bond donors (Lipinski definition) is 1. The number of carbonyl (C=O) groups is 1. The molecule has 126 valence electrons. The second kappa shape index (κ2) is 8.45. The van der Waals surface area contributed by atoms with Gasteiger partial charge in [0.25, 0.3) is 5.91 Å². The molecule has 1 amide bonds. The lowest BCUT2D eigenvalue weighted by molar-refractivity contribution is -0.0223. The van der Waals surface area contributed by atoms with Crippen molar-refractivity contribution in [2.75, 3.05) is 13.2 Å². The molecule has 1 atom stereocenters. The van der Waals surface area contributed by atoms with Crippen molar-refractivity contribution in [1.29, 1.82) is 0 Å². The van der Waals surface area contributed by atoms with Crippen LogP contribution in [0.2, 0.25) is 5.02 Å². The first-order chi connectivity index (χ1) is 11.6. The maximum absolute atomic E-state index is 12.4. The molecule has 0 fully saturated rings. The normalized spacial score (nSPS) is 16.8. The van der Waals surface area contributed by atoms with Gasteiger partial charge in [0.2, 0.25) is 0 Å². The Balaban J connectivity index is 2.28. The van der Waals surface area contributed by atoms with E-state index >= 15 is 0 Å². The van der Waals surface area contributed by atoms with Crippen LogP contribution in [0.4, 0.5) is 0 Å². The van der Waals surface area contributed by atoms with Gasteiger partial charge < -0.3 is 20.3 Å². The van der Waals surface area contributed by atoms with Crippen molar-refractivity contribution in [3.05, 3.63) is 64.0 Å². The Bertz CT molecular complexity index is 736. The summed E-state index contributed by atoms with van der Waals surface area (Å²) < 4.78 is 11.0. The van der Waals surface area contributed by atoms with Gasteiger partial charge in [-0.1, -0.05) is 17.7 Å². The smallest absolute Gasteiger partial charge is 0.328 e. The number of nitrogens with zero attached hydrogens (tertiary/aromatic N) is 2. The van der Waals surface area contributed by atoms with Gasteiger partial charge in [0.1, 0.15) is 5.76 Å². The predicted molar refractivity (Wildman–Crippen MR) is 90.8 cm³/mol. The van der Waals surface area contributed by atoms with Crippen LogP contribution in [0.5, 0.6) is 0 Å². The van der Waals surface area contributed by atoms with Crippen LogP contribution in [0.15, 0.2) is 47.9 Å². The van der Waals surface area contributed by atoms with E-state index in [-0.39, 0.29) is 5.91 Å². The number of ether oxygens (including phenoxy) is 2. The average molecular weight is 348 g/mol. The van der Waals surface area contributed by atoms with Gasteiger partial charge in [0.15, 0.2) is 6.10 Å². The molecule has 1 aliphatic rings. The number of amides is 1. The van der Waals surface area contributed by atoms with Crippen LogP contribution in [-0.4, -0.2) is 35.7 Å². The molecule has 0 radical (unpaired) electrons. The molecule has 0 aromatic heterocycles. The molecule has 7 heteroatoms. The van der Waals surface area contributed by atoms with E-state index in [4.69, 9.17) is 26.6 Å². The highest BCUT2D eigenvalue weighted by molar-refractivity contribution is 6.31. The fourth-order valence-electron chi connectivity index (χ4n) is 2.21. The van der Waals surface area contributed by atoms with Crippen LogP contribution in [-0.2, 0) is 9.47 Å². The summed E-state index contributed by atoms with van der Waals surface area (Å²) in [4.78, 5) is 15.6. The van der Waals surface area contributed by atoms with E-state index in [0.717, 1.165) is 0 Å². The molecule has 1 aromatic rings. The first-order valence-electron chi connectivity index (χ1n) is 7.56. The Morgan fingerprint density at radius 3 is 2.79 bits per heavy atom. The Labute approximate surface area is 145 Å². The third-order valence-corrected chi connectivity index (χ3v) is 3.49. The van der Waals surface area contributed by atoms with E-state index in [2.05, 4.69) is 10.1 Å². The molecule has 1 aliphatic carbocycles. The molecular weight excluding hydrogens is 330 g/mol. The highest BCUT2D eigenvalue weighted by Gasteiger charge is 2.29. The zero-order chi connectivity index (χ0) is 17.5. The predicted octanol–water partition coefficient (Wildman–Crippen LogP) is 2.96. The summed E-state index contributed by atoms with van der Waals surface area (Å²) in [5, 5.41) is 3.26. The SMILES string of the molecule is CCOC1=CC(=[N+]=[N-])C(OCC)C=C1NC(=O)c1cccc(Cl)c1. The molecule has 0 saturated heterocycles. The summed E-state index contributed by atoms with van der Waals surface area (Å²) in [6.45, 7) is 4.47. The molecule has 1 N–H and O–H groups in total. The van der Waals surface area contributed by atoms with Gasteiger partial charge in [0, 0.05) is 17.2 Å². The molecule has 0 bridgehead atoms. The van der Waals surface area contributed by atoms with Crippen molar-refractivity contribution in [2.45, 2.75) is 20.0 Å². The van der Waals surface area contributed by atoms with Crippen molar-refractivity contribution in [1.82, 2.24) is 5.32 Å². The second-order valence-corrected chi connectivity index (χ2v) is 5.32. The van der Waals surface area contributed by atoms with Crippen LogP contribution in [0.25, 0.3) is 5.53 Å². The number of nitrogens with one attached hydrogen (secondary N) is 1. The van der Waals surface area contributed by atoms with Crippen molar-refractivity contribution in [2.24, 2.45) is 0 Å². The van der Waals surface area contributed by atoms with E-state index in [1.54, 1.807) is 30.3 Å². The second-order valence-electron chi connectivity index (χ2n) is 4.89. The summed E-state index contributed by atoms with van der Waals surface area (Å²) in [6, 6.07) is 6.63. The highest BCUT2D eigenvalue weighted by Crippen LogP contribution is 2.19. The first-order valence-corrected chi connectivity index (χ1v) is 7.94. The molecule has 24 heavy (non-hydrogen) atoms. The number of rotatable bonds is 6. The van der Waals surface area contributed by atoms with Crippen LogP contribution < -0.4 is 5.32 Å². The summed E-state index contributed by atoms with van der Waals surface area (Å²) in [6.07, 6.45) is 2.61. The molecular formula is C17H18ClN3O3. The maximum Gasteiger partial charge on any atom is 0.328 e. The average Bonchev–Trinajstić information content (AvgIpc) is 2.57. The lowest BCUT2D eigenvalue weighted by atomic mass is 10.0. The minimum atomic E-state index is -0.570. The monoisotopic (exact) mass is 347 g/mol. The minimum absolute atomic E-state index is 0.307.